The van der Waals surface area contributed by atoms with Crippen LogP contribution in [0.15, 0.2) is 18.2 Å². The number of hydrogen-bond acceptors (Lipinski definition) is 3. The predicted octanol–water partition coefficient (Wildman–Crippen LogP) is 2.81. The van der Waals surface area contributed by atoms with Gasteiger partial charge in [-0.15, -0.1) is 0 Å². The Morgan fingerprint density at radius 3 is 2.88 bits per heavy atom. The summed E-state index contributed by atoms with van der Waals surface area (Å²) in [4.78, 5) is 0. The summed E-state index contributed by atoms with van der Waals surface area (Å²) in [6.45, 7) is 6.66. The molecule has 0 spiro atoms. The van der Waals surface area contributed by atoms with Crippen molar-refractivity contribution < 1.29 is 4.74 Å². The largest absolute Gasteiger partial charge is 0.399 e. The Morgan fingerprint density at radius 1 is 1.31 bits per heavy atom. The molecule has 0 aliphatic heterocycles. The van der Waals surface area contributed by atoms with Gasteiger partial charge in [0.05, 0.1) is 6.61 Å². The van der Waals surface area contributed by atoms with Gasteiger partial charge in [-0.25, -0.2) is 0 Å². The Morgan fingerprint density at radius 2 is 2.12 bits per heavy atom. The molecular weight excluding hydrogens is 200 g/mol. The molecule has 1 aromatic carbocycles. The molecular formula is C13H22N2O. The lowest BCUT2D eigenvalue weighted by molar-refractivity contribution is 0.141. The maximum atomic E-state index is 5.73. The Hall–Kier alpha value is -1.22. The second kappa shape index (κ2) is 7.12. The van der Waals surface area contributed by atoms with Crippen LogP contribution in [0.25, 0.3) is 0 Å². The minimum atomic E-state index is 0.744. The molecule has 1 aromatic rings. The zero-order valence-electron chi connectivity index (χ0n) is 10.3. The first kappa shape index (κ1) is 12.8. The summed E-state index contributed by atoms with van der Waals surface area (Å²) in [6, 6.07) is 5.90. The third kappa shape index (κ3) is 4.53. The highest BCUT2D eigenvalue weighted by Gasteiger charge is 1.97. The van der Waals surface area contributed by atoms with Gasteiger partial charge >= 0.3 is 0 Å². The van der Waals surface area contributed by atoms with Crippen LogP contribution >= 0.6 is 0 Å². The van der Waals surface area contributed by atoms with Crippen molar-refractivity contribution in [2.45, 2.75) is 26.7 Å². The Labute approximate surface area is 98.0 Å². The quantitative estimate of drug-likeness (QED) is 0.551. The van der Waals surface area contributed by atoms with Crippen LogP contribution in [0.5, 0.6) is 0 Å². The van der Waals surface area contributed by atoms with Gasteiger partial charge in [-0.1, -0.05) is 19.4 Å². The maximum Gasteiger partial charge on any atom is 0.0639 e. The zero-order chi connectivity index (χ0) is 11.8. The van der Waals surface area contributed by atoms with Crippen molar-refractivity contribution in [1.29, 1.82) is 0 Å². The fraction of sp³-hybridized carbons (Fsp3) is 0.538. The highest BCUT2D eigenvalue weighted by molar-refractivity contribution is 5.59. The topological polar surface area (TPSA) is 47.3 Å². The maximum absolute atomic E-state index is 5.73. The van der Waals surface area contributed by atoms with E-state index in [9.17, 15) is 0 Å². The van der Waals surface area contributed by atoms with Crippen LogP contribution in [0.2, 0.25) is 0 Å². The van der Waals surface area contributed by atoms with Gasteiger partial charge in [-0.05, 0) is 31.0 Å². The van der Waals surface area contributed by atoms with Gasteiger partial charge in [0.25, 0.3) is 0 Å². The molecule has 0 aliphatic rings. The van der Waals surface area contributed by atoms with E-state index in [4.69, 9.17) is 10.5 Å². The fourth-order valence-corrected chi connectivity index (χ4v) is 1.44. The molecule has 0 aromatic heterocycles. The SMILES string of the molecule is CCCCOCCNc1cc(N)ccc1C. The van der Waals surface area contributed by atoms with Crippen LogP contribution < -0.4 is 11.1 Å². The Kier molecular flexibility index (Phi) is 5.72. The van der Waals surface area contributed by atoms with E-state index in [1.54, 1.807) is 0 Å². The predicted molar refractivity (Wildman–Crippen MR) is 69.8 cm³/mol. The highest BCUT2D eigenvalue weighted by atomic mass is 16.5. The summed E-state index contributed by atoms with van der Waals surface area (Å²) in [5, 5.41) is 3.33. The van der Waals surface area contributed by atoms with Gasteiger partial charge in [0, 0.05) is 24.5 Å². The van der Waals surface area contributed by atoms with Gasteiger partial charge in [0.1, 0.15) is 0 Å². The lowest BCUT2D eigenvalue weighted by Crippen LogP contribution is -2.10. The van der Waals surface area contributed by atoms with Crippen molar-refractivity contribution in [1.82, 2.24) is 0 Å². The molecule has 0 fully saturated rings. The lowest BCUT2D eigenvalue weighted by atomic mass is 10.2. The first-order valence-corrected chi connectivity index (χ1v) is 5.91. The Balaban J connectivity index is 2.23. The fourth-order valence-electron chi connectivity index (χ4n) is 1.44. The van der Waals surface area contributed by atoms with E-state index < -0.39 is 0 Å². The van der Waals surface area contributed by atoms with Crippen molar-refractivity contribution in [3.05, 3.63) is 23.8 Å². The van der Waals surface area contributed by atoms with Crippen molar-refractivity contribution in [2.24, 2.45) is 0 Å². The van der Waals surface area contributed by atoms with Crippen molar-refractivity contribution in [3.63, 3.8) is 0 Å². The van der Waals surface area contributed by atoms with E-state index >= 15 is 0 Å². The number of benzene rings is 1. The van der Waals surface area contributed by atoms with Crippen molar-refractivity contribution in [3.8, 4) is 0 Å². The number of unbranched alkanes of at least 4 members (excludes halogenated alkanes) is 1. The second-order valence-electron chi connectivity index (χ2n) is 3.97. The van der Waals surface area contributed by atoms with Crippen LogP contribution in [-0.2, 0) is 4.74 Å². The van der Waals surface area contributed by atoms with Crippen LogP contribution in [0.1, 0.15) is 25.3 Å². The number of anilines is 2. The summed E-state index contributed by atoms with van der Waals surface area (Å²) in [6.07, 6.45) is 2.32. The van der Waals surface area contributed by atoms with E-state index in [0.29, 0.717) is 0 Å². The summed E-state index contributed by atoms with van der Waals surface area (Å²) in [5.41, 5.74) is 8.83. The van der Waals surface area contributed by atoms with Gasteiger partial charge in [-0.3, -0.25) is 0 Å². The molecule has 0 saturated carbocycles. The molecule has 0 aliphatic carbocycles. The summed E-state index contributed by atoms with van der Waals surface area (Å²) < 4.78 is 5.47. The van der Waals surface area contributed by atoms with Crippen LogP contribution in [-0.4, -0.2) is 19.8 Å². The van der Waals surface area contributed by atoms with Crippen molar-refractivity contribution in [2.75, 3.05) is 30.8 Å². The van der Waals surface area contributed by atoms with Crippen molar-refractivity contribution >= 4 is 11.4 Å². The van der Waals surface area contributed by atoms with E-state index in [-0.39, 0.29) is 0 Å². The molecule has 0 radical (unpaired) electrons. The van der Waals surface area contributed by atoms with E-state index in [2.05, 4.69) is 19.2 Å². The summed E-state index contributed by atoms with van der Waals surface area (Å²) in [7, 11) is 0. The summed E-state index contributed by atoms with van der Waals surface area (Å²) >= 11 is 0. The molecule has 3 heteroatoms. The molecule has 0 saturated heterocycles. The van der Waals surface area contributed by atoms with Crippen LogP contribution in [0.3, 0.4) is 0 Å². The number of nitrogen functional groups attached to an aromatic ring is 1. The molecule has 0 heterocycles. The van der Waals surface area contributed by atoms with Gasteiger partial charge in [-0.2, -0.15) is 0 Å². The summed E-state index contributed by atoms with van der Waals surface area (Å²) in [5.74, 6) is 0. The molecule has 90 valence electrons. The monoisotopic (exact) mass is 222 g/mol. The van der Waals surface area contributed by atoms with Crippen LogP contribution in [0, 0.1) is 6.92 Å². The molecule has 16 heavy (non-hydrogen) atoms. The Bertz CT molecular complexity index is 313. The number of nitrogens with one attached hydrogen (secondary N) is 1. The highest BCUT2D eigenvalue weighted by Crippen LogP contribution is 2.17. The average molecular weight is 222 g/mol. The molecule has 0 amide bonds. The van der Waals surface area contributed by atoms with Gasteiger partial charge in [0.15, 0.2) is 0 Å². The standard InChI is InChI=1S/C13H22N2O/c1-3-4-8-16-9-7-15-13-10-12(14)6-5-11(13)2/h5-6,10,15H,3-4,7-9,14H2,1-2H3. The lowest BCUT2D eigenvalue weighted by Gasteiger charge is -2.10. The molecule has 1 rings (SSSR count). The van der Waals surface area contributed by atoms with E-state index in [1.165, 1.54) is 12.0 Å². The molecule has 3 nitrogen and oxygen atoms in total. The smallest absolute Gasteiger partial charge is 0.0639 e. The average Bonchev–Trinajstić information content (AvgIpc) is 2.28. The van der Waals surface area contributed by atoms with Crippen LogP contribution in [0.4, 0.5) is 11.4 Å². The molecule has 0 atom stereocenters. The minimum Gasteiger partial charge on any atom is -0.399 e. The first-order valence-electron chi connectivity index (χ1n) is 5.91. The molecule has 0 bridgehead atoms. The van der Waals surface area contributed by atoms with E-state index in [0.717, 1.165) is 37.6 Å². The third-order valence-corrected chi connectivity index (χ3v) is 2.47. The first-order chi connectivity index (χ1) is 7.74. The number of ether oxygens (including phenoxy) is 1. The number of rotatable bonds is 7. The van der Waals surface area contributed by atoms with Gasteiger partial charge < -0.3 is 15.8 Å². The second-order valence-corrected chi connectivity index (χ2v) is 3.97. The van der Waals surface area contributed by atoms with Gasteiger partial charge in [0.2, 0.25) is 0 Å². The normalized spacial score (nSPS) is 10.4. The number of hydrogen-bond donors (Lipinski definition) is 2. The number of aryl methyl sites for hydroxylation is 1. The zero-order valence-corrected chi connectivity index (χ0v) is 10.3. The van der Waals surface area contributed by atoms with E-state index in [1.807, 2.05) is 18.2 Å². The third-order valence-electron chi connectivity index (χ3n) is 2.47. The number of nitrogens with two attached hydrogens (primary N) is 1. The molecule has 0 unspecified atom stereocenters. The molecule has 3 N–H and O–H groups in total. The minimum absolute atomic E-state index is 0.744.